The molecule has 1 aliphatic heterocycles. The van der Waals surface area contributed by atoms with Gasteiger partial charge in [-0.1, -0.05) is 46.6 Å². The van der Waals surface area contributed by atoms with Crippen LogP contribution in [0.2, 0.25) is 5.02 Å². The van der Waals surface area contributed by atoms with E-state index in [9.17, 15) is 13.2 Å². The Morgan fingerprint density at radius 1 is 1.13 bits per heavy atom. The Kier molecular flexibility index (Phi) is 7.92. The third-order valence-corrected chi connectivity index (χ3v) is 7.91. The number of benzene rings is 2. The Labute approximate surface area is 191 Å². The van der Waals surface area contributed by atoms with Gasteiger partial charge in [0.05, 0.1) is 22.2 Å². The van der Waals surface area contributed by atoms with Crippen molar-refractivity contribution in [2.75, 3.05) is 38.0 Å². The minimum Gasteiger partial charge on any atom is -0.324 e. The standard InChI is InChI=1S/C21H25BrClN3O3S/c1-2-16-14-17(22)8-9-20(16)30(28,29)26-11-5-10-25(12-13-26)15-21(27)24-19-7-4-3-6-18(19)23/h3-4,6-9,14H,2,5,10-13,15H2,1H3,(H,24,27). The van der Waals surface area contributed by atoms with E-state index in [1.54, 1.807) is 30.3 Å². The largest absolute Gasteiger partial charge is 0.324 e. The maximum Gasteiger partial charge on any atom is 0.243 e. The molecule has 0 spiro atoms. The summed E-state index contributed by atoms with van der Waals surface area (Å²) in [4.78, 5) is 14.7. The van der Waals surface area contributed by atoms with Gasteiger partial charge in [0.15, 0.2) is 0 Å². The molecule has 2 aromatic carbocycles. The highest BCUT2D eigenvalue weighted by Crippen LogP contribution is 2.25. The fourth-order valence-electron chi connectivity index (χ4n) is 3.52. The van der Waals surface area contributed by atoms with Crippen LogP contribution in [0.5, 0.6) is 0 Å². The van der Waals surface area contributed by atoms with Crippen LogP contribution in [0, 0.1) is 0 Å². The van der Waals surface area contributed by atoms with E-state index < -0.39 is 10.0 Å². The van der Waals surface area contributed by atoms with Crippen LogP contribution in [-0.2, 0) is 21.2 Å². The topological polar surface area (TPSA) is 69.7 Å². The molecule has 30 heavy (non-hydrogen) atoms. The normalized spacial score (nSPS) is 16.2. The molecule has 6 nitrogen and oxygen atoms in total. The number of anilines is 1. The minimum atomic E-state index is -3.58. The molecule has 0 radical (unpaired) electrons. The number of amides is 1. The summed E-state index contributed by atoms with van der Waals surface area (Å²) in [7, 11) is -3.58. The molecule has 162 valence electrons. The second-order valence-electron chi connectivity index (χ2n) is 7.17. The number of halogens is 2. The number of aryl methyl sites for hydroxylation is 1. The number of nitrogens with one attached hydrogen (secondary N) is 1. The summed E-state index contributed by atoms with van der Waals surface area (Å²) < 4.78 is 28.9. The number of nitrogens with zero attached hydrogens (tertiary/aromatic N) is 2. The lowest BCUT2D eigenvalue weighted by Gasteiger charge is -2.22. The van der Waals surface area contributed by atoms with Gasteiger partial charge in [-0.05, 0) is 55.3 Å². The fraction of sp³-hybridized carbons (Fsp3) is 0.381. The van der Waals surface area contributed by atoms with E-state index in [0.717, 1.165) is 10.0 Å². The average Bonchev–Trinajstić information content (AvgIpc) is 2.95. The second-order valence-corrected chi connectivity index (χ2v) is 10.4. The van der Waals surface area contributed by atoms with Crippen LogP contribution < -0.4 is 5.32 Å². The molecule has 1 heterocycles. The molecule has 1 fully saturated rings. The van der Waals surface area contributed by atoms with Gasteiger partial charge in [0.1, 0.15) is 0 Å². The van der Waals surface area contributed by atoms with E-state index in [1.165, 1.54) is 4.31 Å². The molecule has 2 aromatic rings. The molecular formula is C21H25BrClN3O3S. The third-order valence-electron chi connectivity index (χ3n) is 5.08. The summed E-state index contributed by atoms with van der Waals surface area (Å²) in [5.74, 6) is -0.166. The first-order valence-corrected chi connectivity index (χ1v) is 12.5. The van der Waals surface area contributed by atoms with E-state index in [1.807, 2.05) is 24.0 Å². The zero-order chi connectivity index (χ0) is 21.7. The van der Waals surface area contributed by atoms with Crippen molar-refractivity contribution in [3.8, 4) is 0 Å². The zero-order valence-corrected chi connectivity index (χ0v) is 19.9. The molecule has 0 saturated carbocycles. The number of hydrogen-bond donors (Lipinski definition) is 1. The maximum absolute atomic E-state index is 13.2. The minimum absolute atomic E-state index is 0.166. The zero-order valence-electron chi connectivity index (χ0n) is 16.8. The van der Waals surface area contributed by atoms with Gasteiger partial charge in [-0.3, -0.25) is 9.69 Å². The summed E-state index contributed by atoms with van der Waals surface area (Å²) in [5, 5.41) is 3.30. The molecule has 1 saturated heterocycles. The van der Waals surface area contributed by atoms with E-state index in [2.05, 4.69) is 21.2 Å². The first-order chi connectivity index (χ1) is 14.3. The highest BCUT2D eigenvalue weighted by molar-refractivity contribution is 9.10. The van der Waals surface area contributed by atoms with E-state index in [-0.39, 0.29) is 12.5 Å². The molecule has 0 aromatic heterocycles. The van der Waals surface area contributed by atoms with E-state index in [0.29, 0.717) is 54.6 Å². The van der Waals surface area contributed by atoms with Crippen LogP contribution in [0.15, 0.2) is 51.8 Å². The smallest absolute Gasteiger partial charge is 0.243 e. The molecule has 0 atom stereocenters. The quantitative estimate of drug-likeness (QED) is 0.633. The SMILES string of the molecule is CCc1cc(Br)ccc1S(=O)(=O)N1CCCN(CC(=O)Nc2ccccc2Cl)CC1. The van der Waals surface area contributed by atoms with Crippen molar-refractivity contribution >= 4 is 49.1 Å². The predicted octanol–water partition coefficient (Wildman–Crippen LogP) is 4.00. The molecule has 1 amide bonds. The van der Waals surface area contributed by atoms with Crippen molar-refractivity contribution in [1.82, 2.24) is 9.21 Å². The molecule has 1 N–H and O–H groups in total. The molecule has 0 aliphatic carbocycles. The molecule has 0 bridgehead atoms. The first kappa shape index (κ1) is 23.2. The van der Waals surface area contributed by atoms with Gasteiger partial charge in [0.2, 0.25) is 15.9 Å². The maximum atomic E-state index is 13.2. The van der Waals surface area contributed by atoms with E-state index >= 15 is 0 Å². The molecule has 9 heteroatoms. The summed E-state index contributed by atoms with van der Waals surface area (Å²) in [6.07, 6.45) is 1.30. The van der Waals surface area contributed by atoms with Crippen molar-refractivity contribution < 1.29 is 13.2 Å². The Hall–Kier alpha value is -1.45. The monoisotopic (exact) mass is 513 g/mol. The highest BCUT2D eigenvalue weighted by atomic mass is 79.9. The van der Waals surface area contributed by atoms with Crippen molar-refractivity contribution in [1.29, 1.82) is 0 Å². The van der Waals surface area contributed by atoms with Crippen LogP contribution in [-0.4, -0.2) is 56.3 Å². The number of carbonyl (C=O) groups excluding carboxylic acids is 1. The van der Waals surface area contributed by atoms with Crippen LogP contribution in [0.25, 0.3) is 0 Å². The average molecular weight is 515 g/mol. The van der Waals surface area contributed by atoms with Gasteiger partial charge >= 0.3 is 0 Å². The molecule has 3 rings (SSSR count). The first-order valence-electron chi connectivity index (χ1n) is 9.86. The summed E-state index contributed by atoms with van der Waals surface area (Å²) in [5.41, 5.74) is 1.37. The Morgan fingerprint density at radius 3 is 2.63 bits per heavy atom. The molecule has 1 aliphatic rings. The van der Waals surface area contributed by atoms with Gasteiger partial charge in [-0.25, -0.2) is 8.42 Å². The van der Waals surface area contributed by atoms with Gasteiger partial charge in [-0.15, -0.1) is 0 Å². The van der Waals surface area contributed by atoms with Gasteiger partial charge in [0.25, 0.3) is 0 Å². The number of para-hydroxylation sites is 1. The third kappa shape index (κ3) is 5.62. The number of carbonyl (C=O) groups is 1. The lowest BCUT2D eigenvalue weighted by atomic mass is 10.2. The fourth-order valence-corrected chi connectivity index (χ4v) is 5.85. The van der Waals surface area contributed by atoms with Gasteiger partial charge < -0.3 is 5.32 Å². The van der Waals surface area contributed by atoms with Gasteiger partial charge in [-0.2, -0.15) is 4.31 Å². The van der Waals surface area contributed by atoms with Crippen LogP contribution in [0.4, 0.5) is 5.69 Å². The summed E-state index contributed by atoms with van der Waals surface area (Å²) >= 11 is 9.50. The predicted molar refractivity (Wildman–Crippen MR) is 123 cm³/mol. The molecule has 0 unspecified atom stereocenters. The van der Waals surface area contributed by atoms with Crippen molar-refractivity contribution in [2.24, 2.45) is 0 Å². The number of hydrogen-bond acceptors (Lipinski definition) is 4. The Balaban J connectivity index is 1.64. The number of rotatable bonds is 6. The summed E-state index contributed by atoms with van der Waals surface area (Å²) in [6, 6.07) is 12.4. The molecular weight excluding hydrogens is 490 g/mol. The van der Waals surface area contributed by atoms with Crippen LogP contribution in [0.1, 0.15) is 18.9 Å². The van der Waals surface area contributed by atoms with Crippen molar-refractivity contribution in [2.45, 2.75) is 24.7 Å². The van der Waals surface area contributed by atoms with Crippen molar-refractivity contribution in [3.05, 3.63) is 57.5 Å². The van der Waals surface area contributed by atoms with E-state index in [4.69, 9.17) is 11.6 Å². The Bertz CT molecular complexity index is 1020. The summed E-state index contributed by atoms with van der Waals surface area (Å²) in [6.45, 7) is 4.07. The lowest BCUT2D eigenvalue weighted by Crippen LogP contribution is -2.38. The number of sulfonamides is 1. The lowest BCUT2D eigenvalue weighted by molar-refractivity contribution is -0.117. The van der Waals surface area contributed by atoms with Gasteiger partial charge in [0, 0.05) is 24.1 Å². The second kappa shape index (κ2) is 10.2. The highest BCUT2D eigenvalue weighted by Gasteiger charge is 2.29. The van der Waals surface area contributed by atoms with Crippen LogP contribution in [0.3, 0.4) is 0 Å². The Morgan fingerprint density at radius 2 is 1.90 bits per heavy atom. The van der Waals surface area contributed by atoms with Crippen LogP contribution >= 0.6 is 27.5 Å². The van der Waals surface area contributed by atoms with Crippen molar-refractivity contribution in [3.63, 3.8) is 0 Å².